The van der Waals surface area contributed by atoms with Crippen molar-refractivity contribution in [1.29, 1.82) is 5.41 Å². The molecule has 0 bridgehead atoms. The fraction of sp³-hybridized carbons (Fsp3) is 0.500. The van der Waals surface area contributed by atoms with E-state index in [1.54, 1.807) is 0 Å². The maximum absolute atomic E-state index is 7.74. The minimum Gasteiger partial charge on any atom is -0.384 e. The van der Waals surface area contributed by atoms with Crippen LogP contribution in [0.3, 0.4) is 0 Å². The van der Waals surface area contributed by atoms with E-state index in [1.165, 1.54) is 0 Å². The number of hydrogen-bond donors (Lipinski definition) is 2. The number of piperazine rings is 1. The Bertz CT molecular complexity index is 475. The number of nitrogens with one attached hydrogen (secondary N) is 1. The molecule has 1 fully saturated rings. The summed E-state index contributed by atoms with van der Waals surface area (Å²) < 4.78 is 0.960. The minimum absolute atomic E-state index is 0.127. The van der Waals surface area contributed by atoms with Gasteiger partial charge in [0.25, 0.3) is 0 Å². The highest BCUT2D eigenvalue weighted by atomic mass is 79.9. The highest BCUT2D eigenvalue weighted by Crippen LogP contribution is 2.26. The molecular formula is C14H21BrN4. The zero-order valence-electron chi connectivity index (χ0n) is 11.5. The van der Waals surface area contributed by atoms with Gasteiger partial charge in [0.1, 0.15) is 5.84 Å². The first-order valence-electron chi connectivity index (χ1n) is 6.66. The van der Waals surface area contributed by atoms with E-state index in [0.717, 1.165) is 41.9 Å². The average Bonchev–Trinajstić information content (AvgIpc) is 2.38. The van der Waals surface area contributed by atoms with Crippen LogP contribution in [0.1, 0.15) is 19.4 Å². The van der Waals surface area contributed by atoms with E-state index in [1.807, 2.05) is 12.1 Å². The molecule has 1 aromatic carbocycles. The van der Waals surface area contributed by atoms with Crippen molar-refractivity contribution in [2.24, 2.45) is 5.73 Å². The van der Waals surface area contributed by atoms with Gasteiger partial charge in [-0.2, -0.15) is 0 Å². The fourth-order valence-electron chi connectivity index (χ4n) is 2.68. The molecule has 1 unspecified atom stereocenters. The summed E-state index contributed by atoms with van der Waals surface area (Å²) in [4.78, 5) is 4.81. The number of nitrogen functional groups attached to an aromatic ring is 1. The summed E-state index contributed by atoms with van der Waals surface area (Å²) in [5.41, 5.74) is 7.58. The number of anilines is 1. The molecule has 1 aliphatic heterocycles. The Balaban J connectivity index is 2.25. The van der Waals surface area contributed by atoms with Crippen LogP contribution in [0.15, 0.2) is 22.7 Å². The Hall–Kier alpha value is -1.07. The van der Waals surface area contributed by atoms with Gasteiger partial charge in [-0.05, 0) is 31.7 Å². The largest absolute Gasteiger partial charge is 0.384 e. The van der Waals surface area contributed by atoms with Crippen molar-refractivity contribution in [2.45, 2.75) is 19.9 Å². The molecule has 0 aromatic heterocycles. The SMILES string of the molecule is CCN1CCN(c2ccc(Br)cc2C(=N)N)CC1C. The molecule has 1 aliphatic rings. The van der Waals surface area contributed by atoms with Crippen LogP contribution in [0.5, 0.6) is 0 Å². The van der Waals surface area contributed by atoms with Gasteiger partial charge in [-0.3, -0.25) is 10.3 Å². The molecule has 1 atom stereocenters. The van der Waals surface area contributed by atoms with Gasteiger partial charge in [-0.25, -0.2) is 0 Å². The van der Waals surface area contributed by atoms with Crippen molar-refractivity contribution in [3.05, 3.63) is 28.2 Å². The first-order valence-corrected chi connectivity index (χ1v) is 7.45. The molecular weight excluding hydrogens is 304 g/mol. The molecule has 0 spiro atoms. The lowest BCUT2D eigenvalue weighted by Gasteiger charge is -2.41. The zero-order valence-corrected chi connectivity index (χ0v) is 13.1. The number of halogens is 1. The average molecular weight is 325 g/mol. The lowest BCUT2D eigenvalue weighted by molar-refractivity contribution is 0.199. The second-order valence-corrected chi connectivity index (χ2v) is 5.91. The van der Waals surface area contributed by atoms with Crippen LogP contribution in [-0.2, 0) is 0 Å². The molecule has 0 amide bonds. The van der Waals surface area contributed by atoms with Crippen molar-refractivity contribution < 1.29 is 0 Å². The molecule has 19 heavy (non-hydrogen) atoms. The minimum atomic E-state index is 0.127. The van der Waals surface area contributed by atoms with Crippen LogP contribution in [0, 0.1) is 5.41 Å². The van der Waals surface area contributed by atoms with Gasteiger partial charge in [0.05, 0.1) is 0 Å². The van der Waals surface area contributed by atoms with Crippen LogP contribution >= 0.6 is 15.9 Å². The number of nitrogens with zero attached hydrogens (tertiary/aromatic N) is 2. The smallest absolute Gasteiger partial charge is 0.124 e. The first-order chi connectivity index (χ1) is 9.02. The molecule has 5 heteroatoms. The molecule has 0 saturated carbocycles. The molecule has 1 aromatic rings. The van der Waals surface area contributed by atoms with E-state index < -0.39 is 0 Å². The van der Waals surface area contributed by atoms with Gasteiger partial charge < -0.3 is 10.6 Å². The Morgan fingerprint density at radius 2 is 2.21 bits per heavy atom. The molecule has 0 radical (unpaired) electrons. The summed E-state index contributed by atoms with van der Waals surface area (Å²) in [6.45, 7) is 8.57. The molecule has 104 valence electrons. The third-order valence-electron chi connectivity index (χ3n) is 3.76. The van der Waals surface area contributed by atoms with Crippen LogP contribution in [0.2, 0.25) is 0 Å². The summed E-state index contributed by atoms with van der Waals surface area (Å²) in [6, 6.07) is 6.52. The highest BCUT2D eigenvalue weighted by molar-refractivity contribution is 9.10. The molecule has 0 aliphatic carbocycles. The van der Waals surface area contributed by atoms with Crippen molar-refractivity contribution in [2.75, 3.05) is 31.1 Å². The summed E-state index contributed by atoms with van der Waals surface area (Å²) in [5.74, 6) is 0.127. The molecule has 1 heterocycles. The number of rotatable bonds is 3. The van der Waals surface area contributed by atoms with Crippen molar-refractivity contribution in [3.63, 3.8) is 0 Å². The second-order valence-electron chi connectivity index (χ2n) is 5.00. The van der Waals surface area contributed by atoms with Crippen LogP contribution < -0.4 is 10.6 Å². The Morgan fingerprint density at radius 3 is 2.79 bits per heavy atom. The highest BCUT2D eigenvalue weighted by Gasteiger charge is 2.24. The standard InChI is InChI=1S/C14H21BrN4/c1-3-18-6-7-19(9-10(18)2)13-5-4-11(15)8-12(13)14(16)17/h4-5,8,10H,3,6-7,9H2,1-2H3,(H3,16,17). The summed E-state index contributed by atoms with van der Waals surface area (Å²) in [6.07, 6.45) is 0. The van der Waals surface area contributed by atoms with E-state index in [2.05, 4.69) is 45.6 Å². The fourth-order valence-corrected chi connectivity index (χ4v) is 3.04. The lowest BCUT2D eigenvalue weighted by Crippen LogP contribution is -2.52. The molecule has 4 nitrogen and oxygen atoms in total. The van der Waals surface area contributed by atoms with Gasteiger partial charge in [0, 0.05) is 41.4 Å². The van der Waals surface area contributed by atoms with Crippen LogP contribution in [-0.4, -0.2) is 43.0 Å². The van der Waals surface area contributed by atoms with Crippen molar-refractivity contribution in [1.82, 2.24) is 4.90 Å². The van der Waals surface area contributed by atoms with Crippen molar-refractivity contribution >= 4 is 27.5 Å². The number of amidine groups is 1. The maximum atomic E-state index is 7.74. The van der Waals surface area contributed by atoms with Gasteiger partial charge in [0.2, 0.25) is 0 Å². The Labute approximate surface area is 123 Å². The summed E-state index contributed by atoms with van der Waals surface area (Å²) in [5, 5.41) is 7.74. The van der Waals surface area contributed by atoms with Gasteiger partial charge >= 0.3 is 0 Å². The number of likely N-dealkylation sites (N-methyl/N-ethyl adjacent to an activating group) is 1. The second kappa shape index (κ2) is 5.92. The van der Waals surface area contributed by atoms with E-state index >= 15 is 0 Å². The summed E-state index contributed by atoms with van der Waals surface area (Å²) >= 11 is 3.44. The predicted molar refractivity (Wildman–Crippen MR) is 84.1 cm³/mol. The van der Waals surface area contributed by atoms with E-state index in [9.17, 15) is 0 Å². The van der Waals surface area contributed by atoms with E-state index in [0.29, 0.717) is 6.04 Å². The quantitative estimate of drug-likeness (QED) is 0.662. The van der Waals surface area contributed by atoms with Crippen LogP contribution in [0.25, 0.3) is 0 Å². The molecule has 3 N–H and O–H groups in total. The third-order valence-corrected chi connectivity index (χ3v) is 4.25. The third kappa shape index (κ3) is 3.09. The van der Waals surface area contributed by atoms with E-state index in [4.69, 9.17) is 11.1 Å². The molecule has 1 saturated heterocycles. The van der Waals surface area contributed by atoms with Gasteiger partial charge in [-0.15, -0.1) is 0 Å². The Kier molecular flexibility index (Phi) is 4.47. The molecule has 2 rings (SSSR count). The maximum Gasteiger partial charge on any atom is 0.124 e. The lowest BCUT2D eigenvalue weighted by atomic mass is 10.1. The number of benzene rings is 1. The van der Waals surface area contributed by atoms with Gasteiger partial charge in [-0.1, -0.05) is 22.9 Å². The zero-order chi connectivity index (χ0) is 14.0. The van der Waals surface area contributed by atoms with Crippen LogP contribution in [0.4, 0.5) is 5.69 Å². The topological polar surface area (TPSA) is 56.4 Å². The first kappa shape index (κ1) is 14.3. The van der Waals surface area contributed by atoms with Crippen molar-refractivity contribution in [3.8, 4) is 0 Å². The predicted octanol–water partition coefficient (Wildman–Crippen LogP) is 2.26. The van der Waals surface area contributed by atoms with Gasteiger partial charge in [0.15, 0.2) is 0 Å². The number of hydrogen-bond acceptors (Lipinski definition) is 3. The van der Waals surface area contributed by atoms with E-state index in [-0.39, 0.29) is 5.84 Å². The normalized spacial score (nSPS) is 20.6. The summed E-state index contributed by atoms with van der Waals surface area (Å²) in [7, 11) is 0. The monoisotopic (exact) mass is 324 g/mol. The number of nitrogens with two attached hydrogens (primary N) is 1. The Morgan fingerprint density at radius 1 is 1.47 bits per heavy atom.